The molecule has 1 heterocycles. The quantitative estimate of drug-likeness (QED) is 0.746. The van der Waals surface area contributed by atoms with Crippen LogP contribution in [0.25, 0.3) is 0 Å². The van der Waals surface area contributed by atoms with E-state index in [4.69, 9.17) is 16.3 Å². The maximum atomic E-state index is 12.5. The predicted molar refractivity (Wildman–Crippen MR) is 108 cm³/mol. The van der Waals surface area contributed by atoms with Crippen molar-refractivity contribution in [1.29, 1.82) is 0 Å². The van der Waals surface area contributed by atoms with Crippen molar-refractivity contribution in [2.75, 3.05) is 23.4 Å². The van der Waals surface area contributed by atoms with Crippen LogP contribution in [0.2, 0.25) is 5.02 Å². The Bertz CT molecular complexity index is 865. The van der Waals surface area contributed by atoms with Gasteiger partial charge in [0, 0.05) is 29.4 Å². The third kappa shape index (κ3) is 4.70. The third-order valence-electron chi connectivity index (χ3n) is 4.46. The number of esters is 1. The highest BCUT2D eigenvalue weighted by molar-refractivity contribution is 6.30. The van der Waals surface area contributed by atoms with E-state index in [1.54, 1.807) is 53.4 Å². The lowest BCUT2D eigenvalue weighted by molar-refractivity contribution is -0.122. The minimum absolute atomic E-state index is 0.100. The van der Waals surface area contributed by atoms with Gasteiger partial charge < -0.3 is 15.0 Å². The SMILES string of the molecule is CCCOC(=O)c1ccc(NC(=O)[C@H]2CC(=O)N(c3ccc(Cl)cc3)C2)cc1. The molecular formula is C21H21ClN2O4. The van der Waals surface area contributed by atoms with Gasteiger partial charge in [-0.3, -0.25) is 9.59 Å². The van der Waals surface area contributed by atoms with Crippen molar-refractivity contribution in [2.24, 2.45) is 5.92 Å². The van der Waals surface area contributed by atoms with Gasteiger partial charge >= 0.3 is 5.97 Å². The summed E-state index contributed by atoms with van der Waals surface area (Å²) >= 11 is 5.88. The molecule has 0 unspecified atom stereocenters. The molecule has 146 valence electrons. The molecule has 7 heteroatoms. The van der Waals surface area contributed by atoms with Crippen molar-refractivity contribution in [3.63, 3.8) is 0 Å². The van der Waals surface area contributed by atoms with E-state index in [0.29, 0.717) is 29.4 Å². The summed E-state index contributed by atoms with van der Waals surface area (Å²) in [6.07, 6.45) is 0.906. The fraction of sp³-hybridized carbons (Fsp3) is 0.286. The minimum atomic E-state index is -0.447. The van der Waals surface area contributed by atoms with Gasteiger partial charge in [-0.2, -0.15) is 0 Å². The first-order valence-corrected chi connectivity index (χ1v) is 9.49. The van der Waals surface area contributed by atoms with Gasteiger partial charge in [-0.1, -0.05) is 18.5 Å². The molecule has 1 aliphatic rings. The van der Waals surface area contributed by atoms with E-state index in [9.17, 15) is 14.4 Å². The summed E-state index contributed by atoms with van der Waals surface area (Å²) in [5, 5.41) is 3.39. The highest BCUT2D eigenvalue weighted by Crippen LogP contribution is 2.27. The monoisotopic (exact) mass is 400 g/mol. The van der Waals surface area contributed by atoms with Gasteiger partial charge in [0.1, 0.15) is 0 Å². The number of hydrogen-bond donors (Lipinski definition) is 1. The number of hydrogen-bond acceptors (Lipinski definition) is 4. The predicted octanol–water partition coefficient (Wildman–Crippen LogP) is 3.90. The molecule has 6 nitrogen and oxygen atoms in total. The third-order valence-corrected chi connectivity index (χ3v) is 4.71. The Labute approximate surface area is 168 Å². The lowest BCUT2D eigenvalue weighted by Crippen LogP contribution is -2.28. The number of anilines is 2. The van der Waals surface area contributed by atoms with E-state index in [2.05, 4.69) is 5.32 Å². The number of carbonyl (C=O) groups excluding carboxylic acids is 3. The van der Waals surface area contributed by atoms with Crippen LogP contribution in [0.1, 0.15) is 30.1 Å². The largest absolute Gasteiger partial charge is 0.462 e. The lowest BCUT2D eigenvalue weighted by atomic mass is 10.1. The van der Waals surface area contributed by atoms with Crippen molar-refractivity contribution in [2.45, 2.75) is 19.8 Å². The Morgan fingerprint density at radius 1 is 1.14 bits per heavy atom. The first-order valence-electron chi connectivity index (χ1n) is 9.12. The first-order chi connectivity index (χ1) is 13.5. The summed E-state index contributed by atoms with van der Waals surface area (Å²) in [6, 6.07) is 13.5. The standard InChI is InChI=1S/C21H21ClN2O4/c1-2-11-28-21(27)14-3-7-17(8-4-14)23-20(26)15-12-19(25)24(13-15)18-9-5-16(22)6-10-18/h3-10,15H,2,11-13H2,1H3,(H,23,26)/t15-/m0/s1. The molecule has 1 saturated heterocycles. The molecule has 0 bridgehead atoms. The van der Waals surface area contributed by atoms with E-state index < -0.39 is 5.92 Å². The number of amides is 2. The summed E-state index contributed by atoms with van der Waals surface area (Å²) in [7, 11) is 0. The van der Waals surface area contributed by atoms with Gasteiger partial charge in [0.05, 0.1) is 18.1 Å². The molecule has 3 rings (SSSR count). The van der Waals surface area contributed by atoms with Gasteiger partial charge in [0.25, 0.3) is 0 Å². The fourth-order valence-electron chi connectivity index (χ4n) is 2.97. The smallest absolute Gasteiger partial charge is 0.338 e. The Balaban J connectivity index is 1.60. The van der Waals surface area contributed by atoms with E-state index in [1.165, 1.54) is 0 Å². The van der Waals surface area contributed by atoms with Gasteiger partial charge in [-0.25, -0.2) is 4.79 Å². The summed E-state index contributed by atoms with van der Waals surface area (Å²) in [5.41, 5.74) is 1.71. The molecule has 2 aromatic carbocycles. The van der Waals surface area contributed by atoms with E-state index in [-0.39, 0.29) is 24.2 Å². The minimum Gasteiger partial charge on any atom is -0.462 e. The van der Waals surface area contributed by atoms with Crippen LogP contribution in [-0.4, -0.2) is 30.9 Å². The molecule has 0 spiro atoms. The molecule has 1 aliphatic heterocycles. The Kier molecular flexibility index (Phi) is 6.31. The molecule has 0 aliphatic carbocycles. The zero-order chi connectivity index (χ0) is 20.1. The molecule has 2 aromatic rings. The Morgan fingerprint density at radius 2 is 1.82 bits per heavy atom. The lowest BCUT2D eigenvalue weighted by Gasteiger charge is -2.16. The second-order valence-electron chi connectivity index (χ2n) is 6.58. The number of carbonyl (C=O) groups is 3. The highest BCUT2D eigenvalue weighted by atomic mass is 35.5. The number of ether oxygens (including phenoxy) is 1. The molecule has 1 fully saturated rings. The molecule has 0 saturated carbocycles. The molecule has 0 radical (unpaired) electrons. The number of nitrogens with one attached hydrogen (secondary N) is 1. The van der Waals surface area contributed by atoms with Gasteiger partial charge in [-0.05, 0) is 55.0 Å². The maximum Gasteiger partial charge on any atom is 0.338 e. The number of halogens is 1. The average molecular weight is 401 g/mol. The summed E-state index contributed by atoms with van der Waals surface area (Å²) < 4.78 is 5.07. The molecule has 1 N–H and O–H groups in total. The van der Waals surface area contributed by atoms with E-state index in [1.807, 2.05) is 6.92 Å². The van der Waals surface area contributed by atoms with E-state index >= 15 is 0 Å². The number of rotatable bonds is 6. The Hall–Kier alpha value is -2.86. The molecule has 0 aromatic heterocycles. The normalized spacial score (nSPS) is 16.1. The van der Waals surface area contributed by atoms with Crippen LogP contribution in [0.4, 0.5) is 11.4 Å². The van der Waals surface area contributed by atoms with Crippen LogP contribution in [0.5, 0.6) is 0 Å². The molecule has 1 atom stereocenters. The molecule has 2 amide bonds. The second-order valence-corrected chi connectivity index (χ2v) is 7.02. The van der Waals surface area contributed by atoms with Crippen molar-refractivity contribution >= 4 is 40.8 Å². The van der Waals surface area contributed by atoms with Gasteiger partial charge in [0.2, 0.25) is 11.8 Å². The zero-order valence-corrected chi connectivity index (χ0v) is 16.2. The summed E-state index contributed by atoms with van der Waals surface area (Å²) in [4.78, 5) is 38.2. The van der Waals surface area contributed by atoms with Crippen LogP contribution in [0.15, 0.2) is 48.5 Å². The summed E-state index contributed by atoms with van der Waals surface area (Å²) in [6.45, 7) is 2.61. The van der Waals surface area contributed by atoms with Crippen molar-refractivity contribution in [3.05, 3.63) is 59.1 Å². The number of nitrogens with zero attached hydrogens (tertiary/aromatic N) is 1. The van der Waals surface area contributed by atoms with Crippen molar-refractivity contribution < 1.29 is 19.1 Å². The van der Waals surface area contributed by atoms with Crippen LogP contribution in [0.3, 0.4) is 0 Å². The summed E-state index contributed by atoms with van der Waals surface area (Å²) in [5.74, 6) is -1.17. The number of benzene rings is 2. The highest BCUT2D eigenvalue weighted by Gasteiger charge is 2.35. The van der Waals surface area contributed by atoms with Crippen molar-refractivity contribution in [3.8, 4) is 0 Å². The fourth-order valence-corrected chi connectivity index (χ4v) is 3.09. The van der Waals surface area contributed by atoms with Crippen LogP contribution in [-0.2, 0) is 14.3 Å². The van der Waals surface area contributed by atoms with Gasteiger partial charge in [-0.15, -0.1) is 0 Å². The molecule has 28 heavy (non-hydrogen) atoms. The average Bonchev–Trinajstić information content (AvgIpc) is 3.09. The topological polar surface area (TPSA) is 75.7 Å². The zero-order valence-electron chi connectivity index (χ0n) is 15.5. The maximum absolute atomic E-state index is 12.5. The first kappa shape index (κ1) is 19.9. The Morgan fingerprint density at radius 3 is 2.46 bits per heavy atom. The molecular weight excluding hydrogens is 380 g/mol. The van der Waals surface area contributed by atoms with Crippen LogP contribution < -0.4 is 10.2 Å². The van der Waals surface area contributed by atoms with Gasteiger partial charge in [0.15, 0.2) is 0 Å². The van der Waals surface area contributed by atoms with Crippen LogP contribution in [0, 0.1) is 5.92 Å². The second kappa shape index (κ2) is 8.89. The van der Waals surface area contributed by atoms with E-state index in [0.717, 1.165) is 12.1 Å². The van der Waals surface area contributed by atoms with Crippen LogP contribution >= 0.6 is 11.6 Å². The van der Waals surface area contributed by atoms with Crippen molar-refractivity contribution in [1.82, 2.24) is 0 Å².